The Balaban J connectivity index is 1.67. The van der Waals surface area contributed by atoms with Crippen LogP contribution in [0.4, 0.5) is 11.4 Å². The number of nitrogens with one attached hydrogen (secondary N) is 1. The maximum Gasteiger partial charge on any atom is 0.296 e. The van der Waals surface area contributed by atoms with E-state index in [-0.39, 0.29) is 11.4 Å². The fraction of sp³-hybridized carbons (Fsp3) is 0.400. The van der Waals surface area contributed by atoms with Crippen molar-refractivity contribution in [1.29, 1.82) is 0 Å². The Bertz CT molecular complexity index is 805. The van der Waals surface area contributed by atoms with E-state index >= 15 is 0 Å². The van der Waals surface area contributed by atoms with Crippen molar-refractivity contribution in [3.63, 3.8) is 0 Å². The zero-order chi connectivity index (χ0) is 18.0. The van der Waals surface area contributed by atoms with Gasteiger partial charge in [-0.15, -0.1) is 10.2 Å². The fourth-order valence-corrected chi connectivity index (χ4v) is 2.79. The molecule has 1 aliphatic rings. The van der Waals surface area contributed by atoms with Gasteiger partial charge in [0, 0.05) is 5.92 Å². The first-order valence-corrected chi connectivity index (χ1v) is 8.49. The lowest BCUT2D eigenvalue weighted by Gasteiger charge is -2.11. The molecule has 1 aromatic heterocycles. The van der Waals surface area contributed by atoms with E-state index in [2.05, 4.69) is 15.5 Å². The summed E-state index contributed by atoms with van der Waals surface area (Å²) in [5, 5.41) is 21.4. The Morgan fingerprint density at radius 3 is 2.88 bits per heavy atom. The van der Waals surface area contributed by atoms with Gasteiger partial charge in [-0.1, -0.05) is 11.8 Å². The molecule has 25 heavy (non-hydrogen) atoms. The lowest BCUT2D eigenvalue weighted by atomic mass is 10.2. The summed E-state index contributed by atoms with van der Waals surface area (Å²) >= 11 is 1.11. The highest BCUT2D eigenvalue weighted by molar-refractivity contribution is 8.00. The van der Waals surface area contributed by atoms with Crippen LogP contribution in [0.2, 0.25) is 0 Å². The van der Waals surface area contributed by atoms with Crippen LogP contribution in [0.25, 0.3) is 0 Å². The van der Waals surface area contributed by atoms with Crippen LogP contribution in [0.5, 0.6) is 5.75 Å². The van der Waals surface area contributed by atoms with Gasteiger partial charge in [0.2, 0.25) is 11.8 Å². The standard InChI is InChI=1S/C15H16N4O5S/c1-8(25-15-18-17-14(24-15)9-3-4-9)13(20)16-11-6-5-10(23-2)7-12(11)19(21)22/h5-9H,3-4H2,1-2H3,(H,16,20)/t8-/m1/s1. The second-order valence-corrected chi connectivity index (χ2v) is 6.86. The van der Waals surface area contributed by atoms with Gasteiger partial charge < -0.3 is 14.5 Å². The van der Waals surface area contributed by atoms with Crippen LogP contribution < -0.4 is 10.1 Å². The summed E-state index contributed by atoms with van der Waals surface area (Å²) in [5.74, 6) is 0.879. The third-order valence-corrected chi connectivity index (χ3v) is 4.59. The number of nitro benzene ring substituents is 1. The molecule has 1 aliphatic carbocycles. The Hall–Kier alpha value is -2.62. The Kier molecular flexibility index (Phi) is 4.88. The molecular formula is C15H16N4O5S. The number of hydrogen-bond acceptors (Lipinski definition) is 8. The van der Waals surface area contributed by atoms with Crippen molar-refractivity contribution in [2.24, 2.45) is 0 Å². The van der Waals surface area contributed by atoms with Crippen molar-refractivity contribution < 1.29 is 18.9 Å². The van der Waals surface area contributed by atoms with Crippen LogP contribution in [-0.4, -0.2) is 33.4 Å². The van der Waals surface area contributed by atoms with E-state index in [0.29, 0.717) is 22.8 Å². The molecule has 0 aliphatic heterocycles. The first-order valence-electron chi connectivity index (χ1n) is 7.61. The highest BCUT2D eigenvalue weighted by atomic mass is 32.2. The summed E-state index contributed by atoms with van der Waals surface area (Å²) in [5.41, 5.74) is -0.133. The van der Waals surface area contributed by atoms with Gasteiger partial charge in [-0.05, 0) is 31.9 Å². The predicted molar refractivity (Wildman–Crippen MR) is 89.9 cm³/mol. The average Bonchev–Trinajstić information content (AvgIpc) is 3.34. The number of methoxy groups -OCH3 is 1. The number of nitrogens with zero attached hydrogens (tertiary/aromatic N) is 3. The number of nitro groups is 1. The first-order chi connectivity index (χ1) is 12.0. The molecule has 0 unspecified atom stereocenters. The smallest absolute Gasteiger partial charge is 0.296 e. The molecule has 0 bridgehead atoms. The van der Waals surface area contributed by atoms with Crippen molar-refractivity contribution in [2.45, 2.75) is 36.2 Å². The summed E-state index contributed by atoms with van der Waals surface area (Å²) in [6.45, 7) is 1.66. The summed E-state index contributed by atoms with van der Waals surface area (Å²) in [7, 11) is 1.41. The molecule has 0 radical (unpaired) electrons. The summed E-state index contributed by atoms with van der Waals surface area (Å²) < 4.78 is 10.5. The highest BCUT2D eigenvalue weighted by Crippen LogP contribution is 2.40. The van der Waals surface area contributed by atoms with E-state index in [1.165, 1.54) is 19.2 Å². The van der Waals surface area contributed by atoms with Crippen molar-refractivity contribution >= 4 is 29.0 Å². The van der Waals surface area contributed by atoms with Gasteiger partial charge in [-0.3, -0.25) is 14.9 Å². The molecule has 1 N–H and O–H groups in total. The number of carbonyl (C=O) groups excluding carboxylic acids is 1. The molecule has 3 rings (SSSR count). The van der Waals surface area contributed by atoms with Gasteiger partial charge in [0.25, 0.3) is 10.9 Å². The van der Waals surface area contributed by atoms with Crippen molar-refractivity contribution in [2.75, 3.05) is 12.4 Å². The number of carbonyl (C=O) groups is 1. The number of ether oxygens (including phenoxy) is 1. The van der Waals surface area contributed by atoms with Crippen molar-refractivity contribution in [3.05, 3.63) is 34.2 Å². The number of aromatic nitrogens is 2. The molecule has 1 fully saturated rings. The lowest BCUT2D eigenvalue weighted by Crippen LogP contribution is -2.22. The highest BCUT2D eigenvalue weighted by Gasteiger charge is 2.30. The number of benzene rings is 1. The van der Waals surface area contributed by atoms with Crippen LogP contribution in [0, 0.1) is 10.1 Å². The van der Waals surface area contributed by atoms with Crippen LogP contribution in [-0.2, 0) is 4.79 Å². The average molecular weight is 364 g/mol. The zero-order valence-corrected chi connectivity index (χ0v) is 14.4. The number of rotatable bonds is 7. The predicted octanol–water partition coefficient (Wildman–Crippen LogP) is 2.98. The third-order valence-electron chi connectivity index (χ3n) is 3.65. The van der Waals surface area contributed by atoms with E-state index in [0.717, 1.165) is 24.6 Å². The van der Waals surface area contributed by atoms with Gasteiger partial charge >= 0.3 is 0 Å². The molecule has 1 amide bonds. The van der Waals surface area contributed by atoms with Crippen LogP contribution in [0.1, 0.15) is 31.6 Å². The van der Waals surface area contributed by atoms with E-state index in [1.807, 2.05) is 0 Å². The maximum atomic E-state index is 12.3. The SMILES string of the molecule is COc1ccc(NC(=O)[C@@H](C)Sc2nnc(C3CC3)o2)c([N+](=O)[O-])c1. The second-order valence-electron chi connectivity index (χ2n) is 5.57. The Morgan fingerprint density at radius 2 is 2.24 bits per heavy atom. The van der Waals surface area contributed by atoms with Crippen LogP contribution in [0.3, 0.4) is 0 Å². The van der Waals surface area contributed by atoms with Gasteiger partial charge in [-0.25, -0.2) is 0 Å². The summed E-state index contributed by atoms with van der Waals surface area (Å²) in [6.07, 6.45) is 2.09. The monoisotopic (exact) mass is 364 g/mol. The summed E-state index contributed by atoms with van der Waals surface area (Å²) in [4.78, 5) is 22.9. The van der Waals surface area contributed by atoms with Gasteiger partial charge in [-0.2, -0.15) is 0 Å². The molecule has 0 spiro atoms. The molecule has 2 aromatic rings. The minimum atomic E-state index is -0.574. The largest absolute Gasteiger partial charge is 0.496 e. The van der Waals surface area contributed by atoms with Crippen molar-refractivity contribution in [3.8, 4) is 5.75 Å². The normalized spacial score (nSPS) is 14.8. The maximum absolute atomic E-state index is 12.3. The molecule has 1 saturated carbocycles. The van der Waals surface area contributed by atoms with Gasteiger partial charge in [0.05, 0.1) is 23.3 Å². The summed E-state index contributed by atoms with van der Waals surface area (Å²) in [6, 6.07) is 4.23. The Labute approximate surface area is 147 Å². The topological polar surface area (TPSA) is 120 Å². The van der Waals surface area contributed by atoms with Gasteiger partial charge in [0.1, 0.15) is 11.4 Å². The van der Waals surface area contributed by atoms with Crippen LogP contribution >= 0.6 is 11.8 Å². The van der Waals surface area contributed by atoms with E-state index in [4.69, 9.17) is 9.15 Å². The van der Waals surface area contributed by atoms with Crippen LogP contribution in [0.15, 0.2) is 27.8 Å². The number of anilines is 1. The third kappa shape index (κ3) is 4.08. The Morgan fingerprint density at radius 1 is 1.48 bits per heavy atom. The molecule has 10 heteroatoms. The lowest BCUT2D eigenvalue weighted by molar-refractivity contribution is -0.384. The van der Waals surface area contributed by atoms with Crippen molar-refractivity contribution in [1.82, 2.24) is 10.2 Å². The second kappa shape index (κ2) is 7.09. The van der Waals surface area contributed by atoms with E-state index in [9.17, 15) is 14.9 Å². The number of thioether (sulfide) groups is 1. The minimum absolute atomic E-state index is 0.104. The molecule has 1 heterocycles. The van der Waals surface area contributed by atoms with E-state index < -0.39 is 16.1 Å². The molecule has 9 nitrogen and oxygen atoms in total. The molecule has 1 atom stereocenters. The molecule has 132 valence electrons. The molecule has 1 aromatic carbocycles. The molecule has 0 saturated heterocycles. The minimum Gasteiger partial charge on any atom is -0.496 e. The molecular weight excluding hydrogens is 348 g/mol. The van der Waals surface area contributed by atoms with E-state index in [1.54, 1.807) is 13.0 Å². The van der Waals surface area contributed by atoms with Gasteiger partial charge in [0.15, 0.2) is 0 Å². The fourth-order valence-electron chi connectivity index (χ4n) is 2.10. The zero-order valence-electron chi connectivity index (χ0n) is 13.6. The number of amides is 1. The first kappa shape index (κ1) is 17.2. The quantitative estimate of drug-likeness (QED) is 0.452. The number of hydrogen-bond donors (Lipinski definition) is 1.